The van der Waals surface area contributed by atoms with Crippen molar-refractivity contribution in [3.8, 4) is 0 Å². The van der Waals surface area contributed by atoms with Gasteiger partial charge in [-0.25, -0.2) is 4.98 Å². The van der Waals surface area contributed by atoms with Gasteiger partial charge in [0.2, 0.25) is 11.8 Å². The van der Waals surface area contributed by atoms with Gasteiger partial charge in [0.05, 0.1) is 5.41 Å². The molecule has 2 aromatic rings. The molecule has 0 spiro atoms. The molecular weight excluding hydrogens is 334 g/mol. The van der Waals surface area contributed by atoms with Crippen molar-refractivity contribution in [2.45, 2.75) is 19.4 Å². The average Bonchev–Trinajstić information content (AvgIpc) is 2.97. The molecule has 3 N–H and O–H groups in total. The van der Waals surface area contributed by atoms with E-state index in [-0.39, 0.29) is 18.3 Å². The minimum absolute atomic E-state index is 0. The minimum atomic E-state index is -0.557. The van der Waals surface area contributed by atoms with Crippen LogP contribution in [-0.2, 0) is 20.9 Å². The molecule has 1 fully saturated rings. The SMILES string of the molecule is COCc1nc2cc(NC(=O)C3(CN)CCOCC3)ccc2o1.Cl. The highest BCUT2D eigenvalue weighted by Gasteiger charge is 2.38. The second-order valence-electron chi connectivity index (χ2n) is 5.77. The van der Waals surface area contributed by atoms with Crippen LogP contribution in [0.1, 0.15) is 18.7 Å². The summed E-state index contributed by atoms with van der Waals surface area (Å²) < 4.78 is 15.9. The number of rotatable bonds is 5. The van der Waals surface area contributed by atoms with Crippen LogP contribution >= 0.6 is 12.4 Å². The smallest absolute Gasteiger partial charge is 0.232 e. The number of hydrogen-bond acceptors (Lipinski definition) is 6. The van der Waals surface area contributed by atoms with Crippen molar-refractivity contribution in [2.24, 2.45) is 11.1 Å². The summed E-state index contributed by atoms with van der Waals surface area (Å²) in [5.41, 5.74) is 7.33. The van der Waals surface area contributed by atoms with Gasteiger partial charge in [-0.2, -0.15) is 0 Å². The lowest BCUT2D eigenvalue weighted by molar-refractivity contribution is -0.130. The van der Waals surface area contributed by atoms with Crippen molar-refractivity contribution in [3.63, 3.8) is 0 Å². The van der Waals surface area contributed by atoms with Gasteiger partial charge < -0.3 is 24.9 Å². The number of carbonyl (C=O) groups is 1. The molecule has 1 amide bonds. The fourth-order valence-electron chi connectivity index (χ4n) is 2.79. The first-order valence-electron chi connectivity index (χ1n) is 7.64. The number of benzene rings is 1. The number of halogens is 1. The lowest BCUT2D eigenvalue weighted by Crippen LogP contribution is -2.46. The van der Waals surface area contributed by atoms with Gasteiger partial charge in [0.15, 0.2) is 5.58 Å². The number of hydrogen-bond donors (Lipinski definition) is 2. The van der Waals surface area contributed by atoms with Crippen molar-refractivity contribution in [1.82, 2.24) is 4.98 Å². The van der Waals surface area contributed by atoms with Crippen LogP contribution in [0.4, 0.5) is 5.69 Å². The molecule has 0 aliphatic carbocycles. The lowest BCUT2D eigenvalue weighted by atomic mass is 9.79. The Hall–Kier alpha value is -1.67. The number of ether oxygens (including phenoxy) is 2. The van der Waals surface area contributed by atoms with Gasteiger partial charge in [-0.05, 0) is 31.0 Å². The highest BCUT2D eigenvalue weighted by molar-refractivity contribution is 5.97. The van der Waals surface area contributed by atoms with E-state index < -0.39 is 5.41 Å². The van der Waals surface area contributed by atoms with E-state index in [1.165, 1.54) is 0 Å². The zero-order chi connectivity index (χ0) is 16.3. The molecule has 1 aromatic carbocycles. The van der Waals surface area contributed by atoms with Crippen LogP contribution in [0, 0.1) is 5.41 Å². The molecule has 24 heavy (non-hydrogen) atoms. The third-order valence-electron chi connectivity index (χ3n) is 4.28. The summed E-state index contributed by atoms with van der Waals surface area (Å²) >= 11 is 0. The van der Waals surface area contributed by atoms with E-state index in [0.717, 1.165) is 0 Å². The Morgan fingerprint density at radius 3 is 2.83 bits per heavy atom. The zero-order valence-corrected chi connectivity index (χ0v) is 14.4. The summed E-state index contributed by atoms with van der Waals surface area (Å²) in [6.07, 6.45) is 1.28. The molecule has 1 saturated heterocycles. The number of methoxy groups -OCH3 is 1. The van der Waals surface area contributed by atoms with Gasteiger partial charge in [-0.3, -0.25) is 4.79 Å². The summed E-state index contributed by atoms with van der Waals surface area (Å²) in [5.74, 6) is 0.442. The van der Waals surface area contributed by atoms with Gasteiger partial charge in [0.25, 0.3) is 0 Å². The molecular formula is C16H22ClN3O4. The first-order chi connectivity index (χ1) is 11.2. The maximum atomic E-state index is 12.7. The molecule has 132 valence electrons. The maximum absolute atomic E-state index is 12.7. The first kappa shape index (κ1) is 18.7. The topological polar surface area (TPSA) is 99.6 Å². The maximum Gasteiger partial charge on any atom is 0.232 e. The van der Waals surface area contributed by atoms with Crippen molar-refractivity contribution >= 4 is 35.1 Å². The number of nitrogens with zero attached hydrogens (tertiary/aromatic N) is 1. The Morgan fingerprint density at radius 2 is 2.17 bits per heavy atom. The number of nitrogens with one attached hydrogen (secondary N) is 1. The summed E-state index contributed by atoms with van der Waals surface area (Å²) in [4.78, 5) is 17.0. The predicted octanol–water partition coefficient (Wildman–Crippen LogP) is 2.09. The number of oxazole rings is 1. The van der Waals surface area contributed by atoms with Crippen LogP contribution in [0.3, 0.4) is 0 Å². The van der Waals surface area contributed by atoms with Gasteiger partial charge in [0.1, 0.15) is 12.1 Å². The van der Waals surface area contributed by atoms with E-state index in [1.807, 2.05) is 0 Å². The predicted molar refractivity (Wildman–Crippen MR) is 92.1 cm³/mol. The molecule has 0 radical (unpaired) electrons. The third kappa shape index (κ3) is 3.70. The van der Waals surface area contributed by atoms with E-state index in [0.29, 0.717) is 61.9 Å². The molecule has 0 unspecified atom stereocenters. The lowest BCUT2D eigenvalue weighted by Gasteiger charge is -2.34. The summed E-state index contributed by atoms with van der Waals surface area (Å²) in [7, 11) is 1.58. The van der Waals surface area contributed by atoms with Gasteiger partial charge in [0, 0.05) is 32.6 Å². The van der Waals surface area contributed by atoms with Crippen molar-refractivity contribution in [2.75, 3.05) is 32.2 Å². The molecule has 0 atom stereocenters. The Labute approximate surface area is 146 Å². The summed E-state index contributed by atoms with van der Waals surface area (Å²) in [6, 6.07) is 5.38. The van der Waals surface area contributed by atoms with E-state index in [1.54, 1.807) is 25.3 Å². The number of amides is 1. The van der Waals surface area contributed by atoms with Gasteiger partial charge in [-0.15, -0.1) is 12.4 Å². The quantitative estimate of drug-likeness (QED) is 0.851. The zero-order valence-electron chi connectivity index (χ0n) is 13.5. The highest BCUT2D eigenvalue weighted by Crippen LogP contribution is 2.31. The standard InChI is InChI=1S/C16H21N3O4.ClH/c1-21-9-14-19-12-8-11(2-3-13(12)23-14)18-15(20)16(10-17)4-6-22-7-5-16;/h2-3,8H,4-7,9-10,17H2,1H3,(H,18,20);1H. The number of anilines is 1. The molecule has 2 heterocycles. The van der Waals surface area contributed by atoms with Crippen LogP contribution < -0.4 is 11.1 Å². The Morgan fingerprint density at radius 1 is 1.42 bits per heavy atom. The molecule has 7 nitrogen and oxygen atoms in total. The van der Waals surface area contributed by atoms with E-state index in [4.69, 9.17) is 19.6 Å². The monoisotopic (exact) mass is 355 g/mol. The summed E-state index contributed by atoms with van der Waals surface area (Å²) in [6.45, 7) is 1.75. The average molecular weight is 356 g/mol. The normalized spacial score (nSPS) is 16.6. The molecule has 0 saturated carbocycles. The van der Waals surface area contributed by atoms with Crippen LogP contribution in [-0.4, -0.2) is 37.8 Å². The van der Waals surface area contributed by atoms with E-state index in [9.17, 15) is 4.79 Å². The van der Waals surface area contributed by atoms with Gasteiger partial charge in [-0.1, -0.05) is 0 Å². The van der Waals surface area contributed by atoms with E-state index in [2.05, 4.69) is 10.3 Å². The fourth-order valence-corrected chi connectivity index (χ4v) is 2.79. The van der Waals surface area contributed by atoms with Crippen LogP contribution in [0.5, 0.6) is 0 Å². The second-order valence-corrected chi connectivity index (χ2v) is 5.77. The van der Waals surface area contributed by atoms with E-state index >= 15 is 0 Å². The van der Waals surface area contributed by atoms with Crippen LogP contribution in [0.25, 0.3) is 11.1 Å². The fraction of sp³-hybridized carbons (Fsp3) is 0.500. The second kappa shape index (κ2) is 7.94. The summed E-state index contributed by atoms with van der Waals surface area (Å²) in [5, 5.41) is 2.95. The molecule has 1 aliphatic rings. The number of fused-ring (bicyclic) bond motifs is 1. The molecule has 0 bridgehead atoms. The van der Waals surface area contributed by atoms with Crippen molar-refractivity contribution < 1.29 is 18.7 Å². The Bertz CT molecular complexity index is 698. The van der Waals surface area contributed by atoms with Crippen LogP contribution in [0.15, 0.2) is 22.6 Å². The van der Waals surface area contributed by atoms with Crippen molar-refractivity contribution in [3.05, 3.63) is 24.1 Å². The number of carbonyl (C=O) groups excluding carboxylic acids is 1. The third-order valence-corrected chi connectivity index (χ3v) is 4.28. The van der Waals surface area contributed by atoms with Gasteiger partial charge >= 0.3 is 0 Å². The minimum Gasteiger partial charge on any atom is -0.438 e. The Kier molecular flexibility index (Phi) is 6.17. The molecule has 3 rings (SSSR count). The Balaban J connectivity index is 0.00000208. The highest BCUT2D eigenvalue weighted by atomic mass is 35.5. The van der Waals surface area contributed by atoms with Crippen LogP contribution in [0.2, 0.25) is 0 Å². The molecule has 1 aliphatic heterocycles. The van der Waals surface area contributed by atoms with Crippen molar-refractivity contribution in [1.29, 1.82) is 0 Å². The number of nitrogens with two attached hydrogens (primary N) is 1. The molecule has 1 aromatic heterocycles. The number of aromatic nitrogens is 1. The molecule has 8 heteroatoms. The largest absolute Gasteiger partial charge is 0.438 e. The first-order valence-corrected chi connectivity index (χ1v) is 7.64.